The standard InChI is InChI=1S/2C18H36O2.Ba.2H/c2*1-2-3-4-5-6-7-8-9-10-11-12-13-14-15-16-17-18(19)20;;;/h2*2-17H2,1H3,(H,19,20);;;/q;;+2;2*-1. The van der Waals surface area contributed by atoms with Crippen LogP contribution in [0.3, 0.4) is 0 Å². The molecule has 0 heterocycles. The molecular formula is C36H74BaO4. The Bertz CT molecular complexity index is 466. The van der Waals surface area contributed by atoms with Crippen molar-refractivity contribution in [3.63, 3.8) is 0 Å². The minimum atomic E-state index is -0.653. The summed E-state index contributed by atoms with van der Waals surface area (Å²) in [7, 11) is 0. The molecule has 0 atom stereocenters. The van der Waals surface area contributed by atoms with Crippen LogP contribution in [0.25, 0.3) is 0 Å². The van der Waals surface area contributed by atoms with E-state index in [0.29, 0.717) is 12.8 Å². The van der Waals surface area contributed by atoms with Crippen molar-refractivity contribution in [3.05, 3.63) is 0 Å². The van der Waals surface area contributed by atoms with Crippen molar-refractivity contribution in [1.82, 2.24) is 0 Å². The molecule has 0 aromatic heterocycles. The van der Waals surface area contributed by atoms with E-state index in [0.717, 1.165) is 25.7 Å². The van der Waals surface area contributed by atoms with Gasteiger partial charge in [-0.25, -0.2) is 0 Å². The van der Waals surface area contributed by atoms with Crippen LogP contribution >= 0.6 is 0 Å². The number of carboxylic acid groups (broad SMARTS) is 2. The van der Waals surface area contributed by atoms with Crippen molar-refractivity contribution in [2.75, 3.05) is 0 Å². The van der Waals surface area contributed by atoms with Crippen molar-refractivity contribution in [2.45, 2.75) is 219 Å². The number of hydrogen-bond donors (Lipinski definition) is 2. The summed E-state index contributed by atoms with van der Waals surface area (Å²) in [6.07, 6.45) is 40.4. The van der Waals surface area contributed by atoms with Gasteiger partial charge in [0.1, 0.15) is 0 Å². The maximum Gasteiger partial charge on any atom is 2.00 e. The maximum atomic E-state index is 10.3. The molecule has 0 aliphatic heterocycles. The fourth-order valence-corrected chi connectivity index (χ4v) is 5.30. The van der Waals surface area contributed by atoms with E-state index in [1.165, 1.54) is 167 Å². The first-order valence-electron chi connectivity index (χ1n) is 18.0. The minimum absolute atomic E-state index is 0. The van der Waals surface area contributed by atoms with E-state index in [1.807, 2.05) is 0 Å². The Hall–Kier alpha value is 0.511. The predicted molar refractivity (Wildman–Crippen MR) is 182 cm³/mol. The predicted octanol–water partition coefficient (Wildman–Crippen LogP) is 12.5. The summed E-state index contributed by atoms with van der Waals surface area (Å²) in [5.41, 5.74) is 0. The van der Waals surface area contributed by atoms with Gasteiger partial charge in [0.2, 0.25) is 0 Å². The van der Waals surface area contributed by atoms with Crippen LogP contribution < -0.4 is 0 Å². The zero-order valence-corrected chi connectivity index (χ0v) is 32.5. The van der Waals surface area contributed by atoms with Crippen molar-refractivity contribution in [3.8, 4) is 0 Å². The van der Waals surface area contributed by atoms with Crippen LogP contribution in [0.2, 0.25) is 0 Å². The zero-order chi connectivity index (χ0) is 29.8. The third-order valence-electron chi connectivity index (χ3n) is 7.99. The van der Waals surface area contributed by atoms with Crippen molar-refractivity contribution < 1.29 is 22.7 Å². The molecule has 0 aliphatic rings. The van der Waals surface area contributed by atoms with Crippen LogP contribution in [0.4, 0.5) is 0 Å². The fourth-order valence-electron chi connectivity index (χ4n) is 5.30. The number of carbonyl (C=O) groups is 2. The molecular weight excluding hydrogens is 634 g/mol. The molecule has 0 radical (unpaired) electrons. The van der Waals surface area contributed by atoms with Crippen LogP contribution in [-0.2, 0) is 9.59 Å². The third kappa shape index (κ3) is 50.4. The molecule has 0 unspecified atom stereocenters. The molecule has 2 N–H and O–H groups in total. The number of unbranched alkanes of at least 4 members (excludes halogenated alkanes) is 28. The van der Waals surface area contributed by atoms with Crippen LogP contribution in [0.5, 0.6) is 0 Å². The summed E-state index contributed by atoms with van der Waals surface area (Å²) in [6.45, 7) is 4.54. The molecule has 0 spiro atoms. The van der Waals surface area contributed by atoms with E-state index in [4.69, 9.17) is 10.2 Å². The minimum Gasteiger partial charge on any atom is -1.00 e. The molecule has 0 aromatic carbocycles. The van der Waals surface area contributed by atoms with E-state index >= 15 is 0 Å². The Morgan fingerprint density at radius 1 is 0.341 bits per heavy atom. The smallest absolute Gasteiger partial charge is 1.00 e. The topological polar surface area (TPSA) is 74.6 Å². The summed E-state index contributed by atoms with van der Waals surface area (Å²) in [5, 5.41) is 17.0. The molecule has 0 fully saturated rings. The van der Waals surface area contributed by atoms with E-state index in [2.05, 4.69) is 13.8 Å². The molecule has 5 heteroatoms. The van der Waals surface area contributed by atoms with Crippen molar-refractivity contribution in [1.29, 1.82) is 0 Å². The van der Waals surface area contributed by atoms with Crippen LogP contribution in [0, 0.1) is 0 Å². The molecule has 0 rings (SSSR count). The van der Waals surface area contributed by atoms with Crippen LogP contribution in [0.1, 0.15) is 222 Å². The maximum absolute atomic E-state index is 10.3. The van der Waals surface area contributed by atoms with Gasteiger partial charge in [-0.2, -0.15) is 0 Å². The Kier molecular flexibility index (Phi) is 47.8. The largest absolute Gasteiger partial charge is 2.00 e. The molecule has 4 nitrogen and oxygen atoms in total. The molecule has 41 heavy (non-hydrogen) atoms. The summed E-state index contributed by atoms with van der Waals surface area (Å²) in [6, 6.07) is 0. The second-order valence-electron chi connectivity index (χ2n) is 12.2. The molecule has 0 aliphatic carbocycles. The molecule has 0 bridgehead atoms. The monoisotopic (exact) mass is 708 g/mol. The number of rotatable bonds is 32. The SMILES string of the molecule is CCCCCCCCCCCCCCCCCC(=O)O.CCCCCCCCCCCCCCCCCC(=O)O.[Ba+2].[H-].[H-]. The number of hydrogen-bond acceptors (Lipinski definition) is 2. The Labute approximate surface area is 300 Å². The summed E-state index contributed by atoms with van der Waals surface area (Å²) in [4.78, 5) is 20.7. The molecule has 0 saturated carbocycles. The van der Waals surface area contributed by atoms with Gasteiger partial charge in [0, 0.05) is 12.8 Å². The first-order valence-corrected chi connectivity index (χ1v) is 18.0. The van der Waals surface area contributed by atoms with Gasteiger partial charge in [-0.05, 0) is 12.8 Å². The molecule has 0 aromatic rings. The first-order chi connectivity index (χ1) is 19.5. The van der Waals surface area contributed by atoms with E-state index in [9.17, 15) is 9.59 Å². The average molecular weight is 708 g/mol. The Morgan fingerprint density at radius 3 is 0.634 bits per heavy atom. The van der Waals surface area contributed by atoms with Crippen LogP contribution in [0.15, 0.2) is 0 Å². The fraction of sp³-hybridized carbons (Fsp3) is 0.944. The summed E-state index contributed by atoms with van der Waals surface area (Å²) >= 11 is 0. The van der Waals surface area contributed by atoms with Gasteiger partial charge in [-0.15, -0.1) is 0 Å². The van der Waals surface area contributed by atoms with Gasteiger partial charge in [0.25, 0.3) is 0 Å². The molecule has 244 valence electrons. The van der Waals surface area contributed by atoms with Gasteiger partial charge < -0.3 is 13.1 Å². The summed E-state index contributed by atoms with van der Waals surface area (Å²) in [5.74, 6) is -1.31. The van der Waals surface area contributed by atoms with E-state index < -0.39 is 11.9 Å². The van der Waals surface area contributed by atoms with Gasteiger partial charge in [-0.3, -0.25) is 9.59 Å². The quantitative estimate of drug-likeness (QED) is 0.0539. The Balaban J connectivity index is -0.000000209. The van der Waals surface area contributed by atoms with Crippen molar-refractivity contribution in [2.24, 2.45) is 0 Å². The van der Waals surface area contributed by atoms with E-state index in [1.54, 1.807) is 0 Å². The second kappa shape index (κ2) is 42.6. The summed E-state index contributed by atoms with van der Waals surface area (Å²) < 4.78 is 0. The third-order valence-corrected chi connectivity index (χ3v) is 7.99. The van der Waals surface area contributed by atoms with E-state index in [-0.39, 0.29) is 51.7 Å². The average Bonchev–Trinajstić information content (AvgIpc) is 2.93. The number of aliphatic carboxylic acids is 2. The first kappa shape index (κ1) is 45.9. The normalized spacial score (nSPS) is 10.6. The van der Waals surface area contributed by atoms with Crippen molar-refractivity contribution >= 4 is 60.8 Å². The van der Waals surface area contributed by atoms with Gasteiger partial charge >= 0.3 is 60.8 Å². The molecule has 0 saturated heterocycles. The van der Waals surface area contributed by atoms with Gasteiger partial charge in [0.15, 0.2) is 0 Å². The van der Waals surface area contributed by atoms with Crippen LogP contribution in [-0.4, -0.2) is 71.0 Å². The second-order valence-corrected chi connectivity index (χ2v) is 12.2. The number of carboxylic acids is 2. The molecule has 0 amide bonds. The zero-order valence-electron chi connectivity index (χ0n) is 30.0. The van der Waals surface area contributed by atoms with Gasteiger partial charge in [-0.1, -0.05) is 194 Å². The van der Waals surface area contributed by atoms with Gasteiger partial charge in [0.05, 0.1) is 0 Å². The Morgan fingerprint density at radius 2 is 0.488 bits per heavy atom.